The van der Waals surface area contributed by atoms with Gasteiger partial charge in [-0.25, -0.2) is 0 Å². The Morgan fingerprint density at radius 1 is 1.38 bits per heavy atom. The summed E-state index contributed by atoms with van der Waals surface area (Å²) in [6.45, 7) is 12.2. The molecule has 0 radical (unpaired) electrons. The van der Waals surface area contributed by atoms with Crippen LogP contribution in [0, 0.1) is 5.92 Å². The largest absolute Gasteiger partial charge is 0.374 e. The van der Waals surface area contributed by atoms with E-state index in [1.165, 1.54) is 25.7 Å². The zero-order valence-corrected chi connectivity index (χ0v) is 11.1. The van der Waals surface area contributed by atoms with Crippen molar-refractivity contribution < 1.29 is 4.74 Å². The summed E-state index contributed by atoms with van der Waals surface area (Å²) in [5.41, 5.74) is 1.16. The molecule has 1 N–H and O–H groups in total. The van der Waals surface area contributed by atoms with Crippen LogP contribution in [-0.2, 0) is 4.74 Å². The molecule has 2 nitrogen and oxygen atoms in total. The minimum Gasteiger partial charge on any atom is -0.374 e. The fraction of sp³-hybridized carbons (Fsp3) is 0.857. The lowest BCUT2D eigenvalue weighted by molar-refractivity contribution is 0.00660. The molecule has 0 bridgehead atoms. The lowest BCUT2D eigenvalue weighted by atomic mass is 9.88. The molecule has 0 aliphatic heterocycles. The van der Waals surface area contributed by atoms with Gasteiger partial charge in [-0.05, 0) is 24.3 Å². The molecular formula is C14H27NO. The van der Waals surface area contributed by atoms with E-state index >= 15 is 0 Å². The Bertz CT molecular complexity index is 213. The van der Waals surface area contributed by atoms with Gasteiger partial charge < -0.3 is 10.1 Å². The summed E-state index contributed by atoms with van der Waals surface area (Å²) in [5.74, 6) is 0.722. The third-order valence-corrected chi connectivity index (χ3v) is 3.29. The second kappa shape index (κ2) is 7.08. The van der Waals surface area contributed by atoms with Crippen molar-refractivity contribution in [3.8, 4) is 0 Å². The highest BCUT2D eigenvalue weighted by Crippen LogP contribution is 2.26. The highest BCUT2D eigenvalue weighted by atomic mass is 16.5. The molecule has 0 amide bonds. The van der Waals surface area contributed by atoms with Crippen molar-refractivity contribution >= 4 is 0 Å². The number of hydrogen-bond acceptors (Lipinski definition) is 2. The number of hydrogen-bond donors (Lipinski definition) is 1. The van der Waals surface area contributed by atoms with Crippen molar-refractivity contribution in [1.82, 2.24) is 5.32 Å². The van der Waals surface area contributed by atoms with E-state index < -0.39 is 0 Å². The Morgan fingerprint density at radius 3 is 2.69 bits per heavy atom. The van der Waals surface area contributed by atoms with E-state index in [0.717, 1.165) is 18.0 Å². The molecule has 94 valence electrons. The van der Waals surface area contributed by atoms with E-state index in [-0.39, 0.29) is 0 Å². The van der Waals surface area contributed by atoms with E-state index in [9.17, 15) is 0 Å². The molecule has 2 atom stereocenters. The fourth-order valence-electron chi connectivity index (χ4n) is 2.15. The number of nitrogens with one attached hydrogen (secondary N) is 1. The lowest BCUT2D eigenvalue weighted by Crippen LogP contribution is -2.29. The minimum atomic E-state index is 0.463. The molecule has 0 aromatic rings. The van der Waals surface area contributed by atoms with Gasteiger partial charge >= 0.3 is 0 Å². The first kappa shape index (κ1) is 13.7. The van der Waals surface area contributed by atoms with Gasteiger partial charge in [-0.1, -0.05) is 40.2 Å². The van der Waals surface area contributed by atoms with Gasteiger partial charge in [-0.2, -0.15) is 0 Å². The second-order valence-electron chi connectivity index (χ2n) is 5.40. The Hall–Kier alpha value is -0.340. The van der Waals surface area contributed by atoms with E-state index in [4.69, 9.17) is 4.74 Å². The Kier molecular flexibility index (Phi) is 6.07. The molecule has 1 aliphatic carbocycles. The van der Waals surface area contributed by atoms with Crippen LogP contribution in [0.2, 0.25) is 0 Å². The highest BCUT2D eigenvalue weighted by Gasteiger charge is 2.21. The van der Waals surface area contributed by atoms with Crippen LogP contribution in [0.25, 0.3) is 0 Å². The van der Waals surface area contributed by atoms with Gasteiger partial charge in [0.1, 0.15) is 0 Å². The average Bonchev–Trinajstić information content (AvgIpc) is 2.25. The standard InChI is InChI=1S/C14H27NO/c1-11(2)15-9-12(3)10-16-14-8-6-5-7-13(14)4/h11,13-15H,3,5-10H2,1-2,4H3. The first-order valence-electron chi connectivity index (χ1n) is 6.61. The predicted molar refractivity (Wildman–Crippen MR) is 69.7 cm³/mol. The van der Waals surface area contributed by atoms with Crippen molar-refractivity contribution in [3.05, 3.63) is 12.2 Å². The van der Waals surface area contributed by atoms with Gasteiger partial charge in [0.15, 0.2) is 0 Å². The van der Waals surface area contributed by atoms with Crippen LogP contribution in [0.4, 0.5) is 0 Å². The molecule has 1 saturated carbocycles. The SMILES string of the molecule is C=C(CNC(C)C)COC1CCCCC1C. The second-order valence-corrected chi connectivity index (χ2v) is 5.40. The Morgan fingerprint density at radius 2 is 2.06 bits per heavy atom. The summed E-state index contributed by atoms with van der Waals surface area (Å²) in [5, 5.41) is 3.36. The summed E-state index contributed by atoms with van der Waals surface area (Å²) >= 11 is 0. The van der Waals surface area contributed by atoms with Gasteiger partial charge in [-0.15, -0.1) is 0 Å². The third kappa shape index (κ3) is 5.13. The molecule has 1 rings (SSSR count). The van der Waals surface area contributed by atoms with Crippen LogP contribution in [0.1, 0.15) is 46.5 Å². The van der Waals surface area contributed by atoms with Gasteiger partial charge in [0.2, 0.25) is 0 Å². The zero-order valence-electron chi connectivity index (χ0n) is 11.1. The zero-order chi connectivity index (χ0) is 12.0. The van der Waals surface area contributed by atoms with Crippen LogP contribution in [0.15, 0.2) is 12.2 Å². The smallest absolute Gasteiger partial charge is 0.0690 e. The summed E-state index contributed by atoms with van der Waals surface area (Å²) in [4.78, 5) is 0. The van der Waals surface area contributed by atoms with Crippen molar-refractivity contribution in [2.24, 2.45) is 5.92 Å². The molecule has 1 aliphatic rings. The van der Waals surface area contributed by atoms with Gasteiger partial charge in [0.05, 0.1) is 12.7 Å². The molecule has 0 spiro atoms. The van der Waals surface area contributed by atoms with Crippen LogP contribution in [0.3, 0.4) is 0 Å². The Balaban J connectivity index is 2.15. The van der Waals surface area contributed by atoms with Crippen LogP contribution in [-0.4, -0.2) is 25.3 Å². The topological polar surface area (TPSA) is 21.3 Å². The summed E-state index contributed by atoms with van der Waals surface area (Å²) in [6, 6.07) is 0.519. The summed E-state index contributed by atoms with van der Waals surface area (Å²) in [6.07, 6.45) is 5.71. The molecule has 0 saturated heterocycles. The number of rotatable bonds is 6. The van der Waals surface area contributed by atoms with Gasteiger partial charge in [-0.3, -0.25) is 0 Å². The lowest BCUT2D eigenvalue weighted by Gasteiger charge is -2.29. The van der Waals surface area contributed by atoms with E-state index in [2.05, 4.69) is 32.7 Å². The van der Waals surface area contributed by atoms with Crippen molar-refractivity contribution in [2.45, 2.75) is 58.6 Å². The van der Waals surface area contributed by atoms with Crippen molar-refractivity contribution in [2.75, 3.05) is 13.2 Å². The van der Waals surface area contributed by atoms with E-state index in [0.29, 0.717) is 18.8 Å². The molecule has 1 fully saturated rings. The van der Waals surface area contributed by atoms with Crippen molar-refractivity contribution in [3.63, 3.8) is 0 Å². The van der Waals surface area contributed by atoms with Crippen LogP contribution < -0.4 is 5.32 Å². The number of ether oxygens (including phenoxy) is 1. The van der Waals surface area contributed by atoms with Crippen molar-refractivity contribution in [1.29, 1.82) is 0 Å². The quantitative estimate of drug-likeness (QED) is 0.701. The monoisotopic (exact) mass is 225 g/mol. The van der Waals surface area contributed by atoms with Crippen LogP contribution in [0.5, 0.6) is 0 Å². The molecular weight excluding hydrogens is 198 g/mol. The molecule has 16 heavy (non-hydrogen) atoms. The van der Waals surface area contributed by atoms with Gasteiger partial charge in [0.25, 0.3) is 0 Å². The van der Waals surface area contributed by atoms with E-state index in [1.807, 2.05) is 0 Å². The van der Waals surface area contributed by atoms with E-state index in [1.54, 1.807) is 0 Å². The summed E-state index contributed by atoms with van der Waals surface area (Å²) in [7, 11) is 0. The third-order valence-electron chi connectivity index (χ3n) is 3.29. The molecule has 0 heterocycles. The minimum absolute atomic E-state index is 0.463. The summed E-state index contributed by atoms with van der Waals surface area (Å²) < 4.78 is 5.95. The highest BCUT2D eigenvalue weighted by molar-refractivity contribution is 4.97. The molecule has 2 heteroatoms. The predicted octanol–water partition coefficient (Wildman–Crippen LogP) is 3.14. The first-order chi connectivity index (χ1) is 7.59. The maximum Gasteiger partial charge on any atom is 0.0690 e. The Labute approximate surface area is 100 Å². The average molecular weight is 225 g/mol. The normalized spacial score (nSPS) is 26.0. The molecule has 2 unspecified atom stereocenters. The first-order valence-corrected chi connectivity index (χ1v) is 6.61. The van der Waals surface area contributed by atoms with Crippen LogP contribution >= 0.6 is 0 Å². The fourth-order valence-corrected chi connectivity index (χ4v) is 2.15. The maximum atomic E-state index is 5.95. The maximum absolute atomic E-state index is 5.95. The molecule has 0 aromatic carbocycles. The molecule has 0 aromatic heterocycles. The van der Waals surface area contributed by atoms with Gasteiger partial charge in [0, 0.05) is 12.6 Å².